The molecule has 0 radical (unpaired) electrons. The smallest absolute Gasteiger partial charge is 0.268 e. The van der Waals surface area contributed by atoms with Crippen LogP contribution in [0.5, 0.6) is 0 Å². The number of rotatable bonds is 5. The fourth-order valence-electron chi connectivity index (χ4n) is 3.12. The maximum atomic E-state index is 11.8. The number of nitriles is 1. The topological polar surface area (TPSA) is 74.5 Å². The van der Waals surface area contributed by atoms with E-state index < -0.39 is 0 Å². The van der Waals surface area contributed by atoms with Gasteiger partial charge in [-0.1, -0.05) is 31.5 Å². The third-order valence-corrected chi connectivity index (χ3v) is 5.53. The zero-order valence-corrected chi connectivity index (χ0v) is 13.8. The molecule has 0 aliphatic heterocycles. The summed E-state index contributed by atoms with van der Waals surface area (Å²) in [6.45, 7) is 6.16. The van der Waals surface area contributed by atoms with E-state index in [4.69, 9.17) is 0 Å². The van der Waals surface area contributed by atoms with Crippen molar-refractivity contribution in [2.75, 3.05) is 0 Å². The monoisotopic (exact) mass is 308 g/mol. The molecule has 0 aromatic carbocycles. The molecule has 0 amide bonds. The molecular formula is C15H24N4OS. The lowest BCUT2D eigenvalue weighted by Crippen LogP contribution is -2.27. The van der Waals surface area contributed by atoms with Gasteiger partial charge in [0.1, 0.15) is 0 Å². The van der Waals surface area contributed by atoms with E-state index >= 15 is 0 Å². The van der Waals surface area contributed by atoms with E-state index in [2.05, 4.69) is 23.2 Å². The minimum absolute atomic E-state index is 0.0653. The van der Waals surface area contributed by atoms with Crippen LogP contribution in [0.3, 0.4) is 0 Å². The first-order chi connectivity index (χ1) is 10.1. The number of nitrogens with zero attached hydrogens (tertiary/aromatic N) is 3. The third-order valence-electron chi connectivity index (χ3n) is 4.21. The Morgan fingerprint density at radius 3 is 2.90 bits per heavy atom. The van der Waals surface area contributed by atoms with Crippen molar-refractivity contribution in [2.24, 2.45) is 11.8 Å². The Morgan fingerprint density at radius 2 is 2.29 bits per heavy atom. The molecule has 0 bridgehead atoms. The van der Waals surface area contributed by atoms with E-state index in [0.29, 0.717) is 5.92 Å². The summed E-state index contributed by atoms with van der Waals surface area (Å²) in [4.78, 5) is 11.8. The van der Waals surface area contributed by atoms with Gasteiger partial charge in [0.15, 0.2) is 5.16 Å². The van der Waals surface area contributed by atoms with Crippen molar-refractivity contribution in [3.8, 4) is 6.07 Å². The van der Waals surface area contributed by atoms with Crippen molar-refractivity contribution in [3.05, 3.63) is 10.5 Å². The summed E-state index contributed by atoms with van der Waals surface area (Å²) in [7, 11) is 0. The lowest BCUT2D eigenvalue weighted by atomic mass is 9.80. The predicted molar refractivity (Wildman–Crippen MR) is 84.2 cm³/mol. The van der Waals surface area contributed by atoms with Crippen LogP contribution in [0.2, 0.25) is 0 Å². The van der Waals surface area contributed by atoms with Gasteiger partial charge in [0, 0.05) is 11.3 Å². The molecule has 1 saturated carbocycles. The summed E-state index contributed by atoms with van der Waals surface area (Å²) in [5.74, 6) is 0.769. The van der Waals surface area contributed by atoms with E-state index in [0.717, 1.165) is 24.4 Å². The highest BCUT2D eigenvalue weighted by Gasteiger charge is 2.32. The highest BCUT2D eigenvalue weighted by molar-refractivity contribution is 7.99. The van der Waals surface area contributed by atoms with Crippen LogP contribution in [0.1, 0.15) is 58.9 Å². The van der Waals surface area contributed by atoms with Crippen molar-refractivity contribution in [3.63, 3.8) is 0 Å². The summed E-state index contributed by atoms with van der Waals surface area (Å²) in [6, 6.07) is 2.52. The van der Waals surface area contributed by atoms with Crippen LogP contribution in [-0.4, -0.2) is 20.0 Å². The normalized spacial score (nSPS) is 26.0. The SMILES string of the molecule is CCCC1CCC(C#N)C(Sc2n[nH]c(=O)n2C(C)C)C1. The lowest BCUT2D eigenvalue weighted by molar-refractivity contribution is 0.306. The van der Waals surface area contributed by atoms with Gasteiger partial charge >= 0.3 is 5.69 Å². The van der Waals surface area contributed by atoms with Crippen LogP contribution in [0.4, 0.5) is 0 Å². The molecular weight excluding hydrogens is 284 g/mol. The number of hydrogen-bond acceptors (Lipinski definition) is 4. The standard InChI is InChI=1S/C15H24N4OS/c1-4-5-11-6-7-12(9-16)13(8-11)21-15-18-17-14(20)19(15)10(2)3/h10-13H,4-8H2,1-3H3,(H,17,20). The van der Waals surface area contributed by atoms with E-state index in [1.807, 2.05) is 13.8 Å². The Labute approximate surface area is 130 Å². The molecule has 3 atom stereocenters. The quantitative estimate of drug-likeness (QED) is 0.905. The average Bonchev–Trinajstić information content (AvgIpc) is 2.80. The number of nitrogens with one attached hydrogen (secondary N) is 1. The van der Waals surface area contributed by atoms with Crippen LogP contribution in [0, 0.1) is 23.2 Å². The molecule has 1 fully saturated rings. The Hall–Kier alpha value is -1.22. The van der Waals surface area contributed by atoms with Crippen molar-refractivity contribution < 1.29 is 0 Å². The summed E-state index contributed by atoms with van der Waals surface area (Å²) >= 11 is 1.60. The van der Waals surface area contributed by atoms with Gasteiger partial charge in [-0.2, -0.15) is 5.26 Å². The molecule has 21 heavy (non-hydrogen) atoms. The maximum absolute atomic E-state index is 11.8. The van der Waals surface area contributed by atoms with E-state index in [9.17, 15) is 10.1 Å². The molecule has 1 aliphatic rings. The van der Waals surface area contributed by atoms with Crippen LogP contribution in [-0.2, 0) is 0 Å². The summed E-state index contributed by atoms with van der Waals surface area (Å²) < 4.78 is 1.68. The van der Waals surface area contributed by atoms with Gasteiger partial charge in [-0.15, -0.1) is 5.10 Å². The van der Waals surface area contributed by atoms with E-state index in [-0.39, 0.29) is 22.9 Å². The minimum atomic E-state index is -0.165. The number of hydrogen-bond donors (Lipinski definition) is 1. The largest absolute Gasteiger partial charge is 0.344 e. The minimum Gasteiger partial charge on any atom is -0.268 e. The number of aromatic amines is 1. The van der Waals surface area contributed by atoms with E-state index in [1.54, 1.807) is 16.3 Å². The van der Waals surface area contributed by atoms with Gasteiger partial charge in [-0.25, -0.2) is 9.89 Å². The zero-order chi connectivity index (χ0) is 15.4. The Kier molecular flexibility index (Phi) is 5.51. The predicted octanol–water partition coefficient (Wildman–Crippen LogP) is 3.35. The molecule has 116 valence electrons. The highest BCUT2D eigenvalue weighted by atomic mass is 32.2. The van der Waals surface area contributed by atoms with Crippen molar-refractivity contribution in [1.29, 1.82) is 5.26 Å². The Morgan fingerprint density at radius 1 is 1.52 bits per heavy atom. The second kappa shape index (κ2) is 7.17. The first-order valence-corrected chi connectivity index (χ1v) is 8.67. The fraction of sp³-hybridized carbons (Fsp3) is 0.800. The number of H-pyrrole nitrogens is 1. The van der Waals surface area contributed by atoms with Crippen LogP contribution in [0.15, 0.2) is 9.95 Å². The van der Waals surface area contributed by atoms with Crippen LogP contribution >= 0.6 is 11.8 Å². The molecule has 5 nitrogen and oxygen atoms in total. The Bertz CT molecular complexity index is 557. The maximum Gasteiger partial charge on any atom is 0.344 e. The molecule has 6 heteroatoms. The molecule has 2 rings (SSSR count). The zero-order valence-electron chi connectivity index (χ0n) is 13.0. The van der Waals surface area contributed by atoms with Crippen molar-refractivity contribution >= 4 is 11.8 Å². The molecule has 1 aromatic rings. The molecule has 1 aromatic heterocycles. The van der Waals surface area contributed by atoms with Gasteiger partial charge in [0.05, 0.1) is 12.0 Å². The molecule has 1 heterocycles. The lowest BCUT2D eigenvalue weighted by Gasteiger charge is -2.32. The second-order valence-electron chi connectivity index (χ2n) is 6.13. The number of thioether (sulfide) groups is 1. The Balaban J connectivity index is 2.15. The highest BCUT2D eigenvalue weighted by Crippen LogP contribution is 2.40. The molecule has 1 N–H and O–H groups in total. The van der Waals surface area contributed by atoms with E-state index in [1.165, 1.54) is 12.8 Å². The van der Waals surface area contributed by atoms with Crippen molar-refractivity contribution in [2.45, 2.75) is 69.3 Å². The van der Waals surface area contributed by atoms with Gasteiger partial charge < -0.3 is 0 Å². The summed E-state index contributed by atoms with van der Waals surface area (Å²) in [5, 5.41) is 17.0. The van der Waals surface area contributed by atoms with Crippen LogP contribution in [0.25, 0.3) is 0 Å². The van der Waals surface area contributed by atoms with Gasteiger partial charge in [0.2, 0.25) is 0 Å². The van der Waals surface area contributed by atoms with Gasteiger partial charge in [-0.3, -0.25) is 4.57 Å². The van der Waals surface area contributed by atoms with Crippen LogP contribution < -0.4 is 5.69 Å². The molecule has 0 spiro atoms. The van der Waals surface area contributed by atoms with Gasteiger partial charge in [-0.05, 0) is 39.0 Å². The third kappa shape index (κ3) is 3.70. The second-order valence-corrected chi connectivity index (χ2v) is 7.34. The first-order valence-electron chi connectivity index (χ1n) is 7.80. The summed E-state index contributed by atoms with van der Waals surface area (Å²) in [6.07, 6.45) is 5.59. The molecule has 1 aliphatic carbocycles. The number of aromatic nitrogens is 3. The molecule has 3 unspecified atom stereocenters. The fourth-order valence-corrected chi connectivity index (χ4v) is 4.63. The average molecular weight is 308 g/mol. The van der Waals surface area contributed by atoms with Crippen molar-refractivity contribution in [1.82, 2.24) is 14.8 Å². The molecule has 0 saturated heterocycles. The summed E-state index contributed by atoms with van der Waals surface area (Å²) in [5.41, 5.74) is -0.165. The van der Waals surface area contributed by atoms with Gasteiger partial charge in [0.25, 0.3) is 0 Å². The first kappa shape index (κ1) is 16.2.